The van der Waals surface area contributed by atoms with Gasteiger partial charge in [0.1, 0.15) is 34.3 Å². The lowest BCUT2D eigenvalue weighted by Crippen LogP contribution is -2.33. The number of aliphatic imine (C=N–C) groups is 2. The predicted molar refractivity (Wildman–Crippen MR) is 211 cm³/mol. The van der Waals surface area contributed by atoms with Gasteiger partial charge in [-0.3, -0.25) is 0 Å². The fourth-order valence-electron chi connectivity index (χ4n) is 7.74. The molecule has 1 N–H and O–H groups in total. The maximum atomic E-state index is 6.61. The molecule has 51 heavy (non-hydrogen) atoms. The van der Waals surface area contributed by atoms with Crippen LogP contribution >= 0.6 is 11.3 Å². The quantitative estimate of drug-likeness (QED) is 0.202. The van der Waals surface area contributed by atoms with Crippen LogP contribution in [0.5, 0.6) is 0 Å². The van der Waals surface area contributed by atoms with Crippen LogP contribution in [0.2, 0.25) is 0 Å². The summed E-state index contributed by atoms with van der Waals surface area (Å²) in [6.45, 7) is 0. The van der Waals surface area contributed by atoms with Crippen molar-refractivity contribution < 1.29 is 8.83 Å². The molecule has 1 aliphatic heterocycles. The van der Waals surface area contributed by atoms with Gasteiger partial charge in [0.25, 0.3) is 0 Å². The smallest absolute Gasteiger partial charge is 0.160 e. The second kappa shape index (κ2) is 11.0. The third kappa shape index (κ3) is 4.33. The molecule has 0 aliphatic carbocycles. The number of nitrogens with zero attached hydrogens (tertiary/aromatic N) is 2. The van der Waals surface area contributed by atoms with Crippen molar-refractivity contribution in [1.82, 2.24) is 5.32 Å². The second-order valence-corrected chi connectivity index (χ2v) is 13.9. The maximum absolute atomic E-state index is 6.61. The first-order valence-corrected chi connectivity index (χ1v) is 17.8. The number of furan rings is 2. The molecule has 0 saturated heterocycles. The summed E-state index contributed by atoms with van der Waals surface area (Å²) in [4.78, 5) is 10.6. The number of nitrogens with one attached hydrogen (secondary N) is 1. The van der Waals surface area contributed by atoms with E-state index < -0.39 is 6.17 Å². The van der Waals surface area contributed by atoms with Gasteiger partial charge in [0.05, 0.1) is 0 Å². The van der Waals surface area contributed by atoms with Crippen LogP contribution in [0.3, 0.4) is 0 Å². The molecule has 1 aliphatic rings. The van der Waals surface area contributed by atoms with Crippen molar-refractivity contribution in [2.45, 2.75) is 6.17 Å². The number of para-hydroxylation sites is 1. The molecular weight excluding hydrogens is 647 g/mol. The van der Waals surface area contributed by atoms with Crippen molar-refractivity contribution in [3.63, 3.8) is 0 Å². The average molecular weight is 674 g/mol. The zero-order valence-corrected chi connectivity index (χ0v) is 27.9. The van der Waals surface area contributed by atoms with Crippen LogP contribution in [0, 0.1) is 0 Å². The van der Waals surface area contributed by atoms with Crippen LogP contribution in [-0.4, -0.2) is 11.7 Å². The van der Waals surface area contributed by atoms with Gasteiger partial charge in [-0.15, -0.1) is 11.3 Å². The summed E-state index contributed by atoms with van der Waals surface area (Å²) in [5.74, 6) is 1.40. The minimum Gasteiger partial charge on any atom is -0.456 e. The van der Waals surface area contributed by atoms with Crippen LogP contribution in [0.4, 0.5) is 0 Å². The lowest BCUT2D eigenvalue weighted by molar-refractivity contribution is 0.662. The van der Waals surface area contributed by atoms with Crippen molar-refractivity contribution >= 4 is 87.1 Å². The highest BCUT2D eigenvalue weighted by atomic mass is 32.1. The van der Waals surface area contributed by atoms with Crippen molar-refractivity contribution in [2.75, 3.05) is 0 Å². The van der Waals surface area contributed by atoms with E-state index in [2.05, 4.69) is 102 Å². The number of hydrogen-bond donors (Lipinski definition) is 1. The highest BCUT2D eigenvalue weighted by molar-refractivity contribution is 7.26. The van der Waals surface area contributed by atoms with Gasteiger partial charge in [0.2, 0.25) is 0 Å². The summed E-state index contributed by atoms with van der Waals surface area (Å²) >= 11 is 1.84. The summed E-state index contributed by atoms with van der Waals surface area (Å²) in [6, 6.07) is 52.5. The molecule has 0 radical (unpaired) electrons. The average Bonchev–Trinajstić information content (AvgIpc) is 3.89. The molecule has 11 rings (SSSR count). The van der Waals surface area contributed by atoms with Gasteiger partial charge in [-0.1, -0.05) is 121 Å². The minimum absolute atomic E-state index is 0.419. The SMILES string of the molecule is c1ccc(C2=NC(c3cccc4oc5cccc(-c6cccc7c6sc6ccccc67)c5c34)=NC(c3cccc4oc5ccccc5c34)N2)cc1. The molecule has 1 unspecified atom stereocenters. The molecule has 6 heteroatoms. The molecule has 0 amide bonds. The number of thiophene rings is 1. The van der Waals surface area contributed by atoms with E-state index in [1.165, 1.54) is 25.7 Å². The molecular formula is C45H27N3O2S. The van der Waals surface area contributed by atoms with E-state index >= 15 is 0 Å². The predicted octanol–water partition coefficient (Wildman–Crippen LogP) is 12.0. The molecule has 240 valence electrons. The zero-order valence-electron chi connectivity index (χ0n) is 27.1. The Morgan fingerprint density at radius 1 is 0.490 bits per heavy atom. The summed E-state index contributed by atoms with van der Waals surface area (Å²) < 4.78 is 15.4. The normalized spacial score (nSPS) is 14.9. The molecule has 5 nitrogen and oxygen atoms in total. The molecule has 3 aromatic heterocycles. The van der Waals surface area contributed by atoms with E-state index in [0.29, 0.717) is 5.84 Å². The lowest BCUT2D eigenvalue weighted by atomic mass is 9.95. The van der Waals surface area contributed by atoms with Crippen LogP contribution in [0.1, 0.15) is 22.9 Å². The molecule has 4 heterocycles. The third-order valence-corrected chi connectivity index (χ3v) is 11.2. The van der Waals surface area contributed by atoms with Gasteiger partial charge in [-0.25, -0.2) is 9.98 Å². The number of amidine groups is 2. The number of rotatable bonds is 4. The molecule has 0 bridgehead atoms. The van der Waals surface area contributed by atoms with Gasteiger partial charge in [-0.2, -0.15) is 0 Å². The van der Waals surface area contributed by atoms with Crippen molar-refractivity contribution in [3.05, 3.63) is 168 Å². The largest absolute Gasteiger partial charge is 0.456 e. The fraction of sp³-hybridized carbons (Fsp3) is 0.0222. The maximum Gasteiger partial charge on any atom is 0.160 e. The number of benzene rings is 7. The Balaban J connectivity index is 1.17. The van der Waals surface area contributed by atoms with Crippen LogP contribution < -0.4 is 5.32 Å². The van der Waals surface area contributed by atoms with Crippen LogP contribution in [0.25, 0.3) is 75.2 Å². The Labute approximate surface area is 295 Å². The van der Waals surface area contributed by atoms with Gasteiger partial charge < -0.3 is 14.2 Å². The molecule has 1 atom stereocenters. The second-order valence-electron chi connectivity index (χ2n) is 12.9. The molecule has 0 fully saturated rings. The van der Waals surface area contributed by atoms with Crippen LogP contribution in [0.15, 0.2) is 170 Å². The van der Waals surface area contributed by atoms with Crippen molar-refractivity contribution in [3.8, 4) is 11.1 Å². The molecule has 10 aromatic rings. The van der Waals surface area contributed by atoms with E-state index in [-0.39, 0.29) is 0 Å². The third-order valence-electron chi connectivity index (χ3n) is 9.98. The first-order valence-electron chi connectivity index (χ1n) is 17.0. The van der Waals surface area contributed by atoms with E-state index in [9.17, 15) is 0 Å². The van der Waals surface area contributed by atoms with Crippen LogP contribution in [-0.2, 0) is 0 Å². The van der Waals surface area contributed by atoms with E-state index in [1.54, 1.807) is 0 Å². The molecule has 7 aromatic carbocycles. The Morgan fingerprint density at radius 3 is 1.96 bits per heavy atom. The first kappa shape index (κ1) is 28.3. The summed E-state index contributed by atoms with van der Waals surface area (Å²) in [7, 11) is 0. The number of fused-ring (bicyclic) bond motifs is 9. The van der Waals surface area contributed by atoms with Crippen molar-refractivity contribution in [1.29, 1.82) is 0 Å². The lowest BCUT2D eigenvalue weighted by Gasteiger charge is -2.24. The van der Waals surface area contributed by atoms with E-state index in [1.807, 2.05) is 65.9 Å². The monoisotopic (exact) mass is 673 g/mol. The van der Waals surface area contributed by atoms with Gasteiger partial charge in [-0.05, 0) is 35.9 Å². The Kier molecular flexibility index (Phi) is 6.12. The first-order chi connectivity index (χ1) is 25.3. The van der Waals surface area contributed by atoms with Gasteiger partial charge in [0, 0.05) is 64.0 Å². The topological polar surface area (TPSA) is 63.0 Å². The van der Waals surface area contributed by atoms with Crippen molar-refractivity contribution in [2.24, 2.45) is 9.98 Å². The van der Waals surface area contributed by atoms with Gasteiger partial charge >= 0.3 is 0 Å². The fourth-order valence-corrected chi connectivity index (χ4v) is 8.97. The Morgan fingerprint density at radius 2 is 1.10 bits per heavy atom. The zero-order chi connectivity index (χ0) is 33.5. The minimum atomic E-state index is -0.419. The highest BCUT2D eigenvalue weighted by Crippen LogP contribution is 2.45. The standard InChI is InChI=1S/C45H27N3O2S/c1-2-12-26(13-3-1)43-46-44(32-19-10-22-35-39(32)31-15-4-6-21-34(31)49-35)48-45(47-43)33-20-11-24-37-41(33)40-28(16-9-23-36(40)50-37)30-18-8-17-29-27-14-5-7-25-38(27)51-42(29)30/h1-25,44H,(H,46,47,48). The summed E-state index contributed by atoms with van der Waals surface area (Å²) in [6.07, 6.45) is -0.419. The van der Waals surface area contributed by atoms with Gasteiger partial charge in [0.15, 0.2) is 5.84 Å². The summed E-state index contributed by atoms with van der Waals surface area (Å²) in [5.41, 5.74) is 8.58. The Hall–Kier alpha value is -6.50. The molecule has 0 spiro atoms. The highest BCUT2D eigenvalue weighted by Gasteiger charge is 2.27. The van der Waals surface area contributed by atoms with E-state index in [4.69, 9.17) is 18.8 Å². The Bertz CT molecular complexity index is 3070. The summed E-state index contributed by atoms with van der Waals surface area (Å²) in [5, 5.41) is 10.4. The number of hydrogen-bond acceptors (Lipinski definition) is 6. The molecule has 0 saturated carbocycles. The van der Waals surface area contributed by atoms with E-state index in [0.717, 1.165) is 72.0 Å².